The summed E-state index contributed by atoms with van der Waals surface area (Å²) in [4.78, 5) is 16.8. The standard InChI is InChI=1S/C23H27N3O5S/c1-15(2)32(29,30)26-20-12-18(10-11-19(20)25-22(26)24)23(28,17-6-4-3-5-7-17)13-21(27)31-14-16-8-9-16/h3-7,10-12,15-16,28H,8-9,13-14H2,1-2H3,(H2,24,25). The van der Waals surface area contributed by atoms with Crippen LogP contribution in [0.15, 0.2) is 48.5 Å². The highest BCUT2D eigenvalue weighted by Gasteiger charge is 2.37. The molecule has 3 aromatic rings. The van der Waals surface area contributed by atoms with Crippen LogP contribution in [0.4, 0.5) is 5.95 Å². The number of imidazole rings is 1. The van der Waals surface area contributed by atoms with Crippen LogP contribution in [0.5, 0.6) is 0 Å². The molecule has 8 nitrogen and oxygen atoms in total. The number of benzene rings is 2. The number of esters is 1. The molecule has 3 N–H and O–H groups in total. The van der Waals surface area contributed by atoms with Crippen molar-refractivity contribution in [2.24, 2.45) is 5.92 Å². The van der Waals surface area contributed by atoms with E-state index >= 15 is 0 Å². The third kappa shape index (κ3) is 4.10. The summed E-state index contributed by atoms with van der Waals surface area (Å²) in [5.41, 5.74) is 5.68. The topological polar surface area (TPSA) is 125 Å². The molecule has 0 bridgehead atoms. The SMILES string of the molecule is CC(C)S(=O)(=O)n1c(N)nc2ccc(C(O)(CC(=O)OCC3CC3)c3ccccc3)cc21. The normalized spacial score (nSPS) is 16.2. The molecule has 0 radical (unpaired) electrons. The Morgan fingerprint density at radius 1 is 1.22 bits per heavy atom. The van der Waals surface area contributed by atoms with Crippen molar-refractivity contribution in [3.8, 4) is 0 Å². The van der Waals surface area contributed by atoms with Crippen LogP contribution in [0.1, 0.15) is 44.2 Å². The fourth-order valence-corrected chi connectivity index (χ4v) is 4.79. The largest absolute Gasteiger partial charge is 0.465 e. The Kier molecular flexibility index (Phi) is 5.72. The molecule has 1 heterocycles. The first kappa shape index (κ1) is 22.3. The fraction of sp³-hybridized carbons (Fsp3) is 0.391. The number of nitrogens with zero attached hydrogens (tertiary/aromatic N) is 2. The molecule has 1 saturated carbocycles. The third-order valence-corrected chi connectivity index (χ3v) is 7.88. The predicted octanol–water partition coefficient (Wildman–Crippen LogP) is 2.78. The second kappa shape index (κ2) is 8.22. The van der Waals surface area contributed by atoms with Crippen molar-refractivity contribution in [3.63, 3.8) is 0 Å². The minimum absolute atomic E-state index is 0.155. The smallest absolute Gasteiger partial charge is 0.309 e. The van der Waals surface area contributed by atoms with Crippen molar-refractivity contribution < 1.29 is 23.1 Å². The van der Waals surface area contributed by atoms with Gasteiger partial charge in [0.25, 0.3) is 0 Å². The summed E-state index contributed by atoms with van der Waals surface area (Å²) in [5.74, 6) is -0.275. The molecule has 32 heavy (non-hydrogen) atoms. The maximum atomic E-state index is 12.9. The van der Waals surface area contributed by atoms with E-state index in [0.29, 0.717) is 29.2 Å². The van der Waals surface area contributed by atoms with Gasteiger partial charge in [0.1, 0.15) is 5.60 Å². The van der Waals surface area contributed by atoms with E-state index in [2.05, 4.69) is 4.98 Å². The lowest BCUT2D eigenvalue weighted by Gasteiger charge is -2.28. The number of nitrogen functional groups attached to an aromatic ring is 1. The molecule has 1 aliphatic carbocycles. The summed E-state index contributed by atoms with van der Waals surface area (Å²) in [7, 11) is -3.80. The van der Waals surface area contributed by atoms with Gasteiger partial charge in [0, 0.05) is 0 Å². The molecule has 0 saturated heterocycles. The Bertz CT molecular complexity index is 1250. The lowest BCUT2D eigenvalue weighted by molar-refractivity contribution is -0.148. The quantitative estimate of drug-likeness (QED) is 0.498. The number of nitrogens with two attached hydrogens (primary N) is 1. The van der Waals surface area contributed by atoms with E-state index in [9.17, 15) is 18.3 Å². The number of fused-ring (bicyclic) bond motifs is 1. The van der Waals surface area contributed by atoms with E-state index in [0.717, 1.165) is 16.8 Å². The Hall–Kier alpha value is -2.91. The van der Waals surface area contributed by atoms with Crippen LogP contribution in [0.2, 0.25) is 0 Å². The van der Waals surface area contributed by atoms with Gasteiger partial charge in [0.05, 0.1) is 29.3 Å². The Morgan fingerprint density at radius 2 is 1.91 bits per heavy atom. The van der Waals surface area contributed by atoms with Crippen molar-refractivity contribution in [2.75, 3.05) is 12.3 Å². The van der Waals surface area contributed by atoms with Crippen LogP contribution < -0.4 is 5.73 Å². The number of ether oxygens (including phenoxy) is 1. The highest BCUT2D eigenvalue weighted by Crippen LogP contribution is 2.36. The lowest BCUT2D eigenvalue weighted by atomic mass is 9.83. The fourth-order valence-electron chi connectivity index (χ4n) is 3.65. The van der Waals surface area contributed by atoms with Gasteiger partial charge in [-0.3, -0.25) is 4.79 Å². The molecule has 9 heteroatoms. The summed E-state index contributed by atoms with van der Waals surface area (Å²) in [6, 6.07) is 13.5. The first-order chi connectivity index (χ1) is 15.1. The van der Waals surface area contributed by atoms with E-state index in [-0.39, 0.29) is 17.9 Å². The summed E-state index contributed by atoms with van der Waals surface area (Å²) < 4.78 is 32.2. The summed E-state index contributed by atoms with van der Waals surface area (Å²) in [6.07, 6.45) is 1.78. The zero-order valence-corrected chi connectivity index (χ0v) is 18.9. The van der Waals surface area contributed by atoms with Crippen LogP contribution in [0, 0.1) is 5.92 Å². The molecule has 1 atom stereocenters. The van der Waals surface area contributed by atoms with Crippen molar-refractivity contribution in [3.05, 3.63) is 59.7 Å². The number of rotatable bonds is 8. The number of carbonyl (C=O) groups excluding carboxylic acids is 1. The van der Waals surface area contributed by atoms with Crippen LogP contribution in [-0.4, -0.2) is 40.3 Å². The highest BCUT2D eigenvalue weighted by atomic mass is 32.2. The molecule has 1 aliphatic rings. The zero-order valence-electron chi connectivity index (χ0n) is 18.1. The average Bonchev–Trinajstić information content (AvgIpc) is 3.52. The Morgan fingerprint density at radius 3 is 2.53 bits per heavy atom. The second-order valence-corrected chi connectivity index (χ2v) is 10.9. The van der Waals surface area contributed by atoms with Crippen molar-refractivity contribution in [1.29, 1.82) is 0 Å². The van der Waals surface area contributed by atoms with E-state index < -0.39 is 26.8 Å². The molecule has 4 rings (SSSR count). The molecule has 170 valence electrons. The molecule has 2 aromatic carbocycles. The molecule has 0 spiro atoms. The van der Waals surface area contributed by atoms with Crippen LogP contribution >= 0.6 is 0 Å². The van der Waals surface area contributed by atoms with Gasteiger partial charge < -0.3 is 15.6 Å². The third-order valence-electron chi connectivity index (χ3n) is 5.79. The van der Waals surface area contributed by atoms with Gasteiger partial charge in [0.2, 0.25) is 16.0 Å². The highest BCUT2D eigenvalue weighted by molar-refractivity contribution is 7.90. The maximum absolute atomic E-state index is 12.9. The predicted molar refractivity (Wildman–Crippen MR) is 121 cm³/mol. The zero-order chi connectivity index (χ0) is 23.1. The van der Waals surface area contributed by atoms with Gasteiger partial charge in [-0.1, -0.05) is 36.4 Å². The maximum Gasteiger partial charge on any atom is 0.309 e. The molecular weight excluding hydrogens is 430 g/mol. The summed E-state index contributed by atoms with van der Waals surface area (Å²) in [5, 5.41) is 11.0. The molecule has 1 fully saturated rings. The summed E-state index contributed by atoms with van der Waals surface area (Å²) in [6.45, 7) is 3.46. The number of hydrogen-bond acceptors (Lipinski definition) is 7. The Labute approximate surface area is 187 Å². The van der Waals surface area contributed by atoms with Gasteiger partial charge in [-0.05, 0) is 55.9 Å². The summed E-state index contributed by atoms with van der Waals surface area (Å²) >= 11 is 0. The van der Waals surface area contributed by atoms with E-state index in [4.69, 9.17) is 10.5 Å². The monoisotopic (exact) mass is 457 g/mol. The van der Waals surface area contributed by atoms with Gasteiger partial charge in [0.15, 0.2) is 0 Å². The second-order valence-electron chi connectivity index (χ2n) is 8.56. The Balaban J connectivity index is 1.81. The minimum Gasteiger partial charge on any atom is -0.465 e. The minimum atomic E-state index is -3.80. The van der Waals surface area contributed by atoms with Crippen molar-refractivity contribution in [1.82, 2.24) is 8.96 Å². The number of anilines is 1. The molecular formula is C23H27N3O5S. The molecule has 0 amide bonds. The van der Waals surface area contributed by atoms with Gasteiger partial charge in [-0.2, -0.15) is 0 Å². The lowest BCUT2D eigenvalue weighted by Crippen LogP contribution is -2.31. The van der Waals surface area contributed by atoms with Gasteiger partial charge in [-0.25, -0.2) is 17.4 Å². The average molecular weight is 458 g/mol. The molecule has 1 unspecified atom stereocenters. The van der Waals surface area contributed by atoms with E-state index in [1.165, 1.54) is 6.07 Å². The molecule has 0 aliphatic heterocycles. The van der Waals surface area contributed by atoms with Crippen molar-refractivity contribution >= 4 is 33.0 Å². The van der Waals surface area contributed by atoms with E-state index in [1.807, 2.05) is 6.07 Å². The number of aromatic nitrogens is 2. The van der Waals surface area contributed by atoms with Gasteiger partial charge >= 0.3 is 5.97 Å². The number of aliphatic hydroxyl groups is 1. The van der Waals surface area contributed by atoms with Crippen LogP contribution in [0.25, 0.3) is 11.0 Å². The van der Waals surface area contributed by atoms with Crippen molar-refractivity contribution in [2.45, 2.75) is 44.0 Å². The first-order valence-electron chi connectivity index (χ1n) is 10.6. The first-order valence-corrected chi connectivity index (χ1v) is 12.1. The number of hydrogen-bond donors (Lipinski definition) is 2. The molecule has 1 aromatic heterocycles. The number of carbonyl (C=O) groups is 1. The van der Waals surface area contributed by atoms with Crippen LogP contribution in [-0.2, 0) is 25.2 Å². The van der Waals surface area contributed by atoms with Gasteiger partial charge in [-0.15, -0.1) is 0 Å². The van der Waals surface area contributed by atoms with E-state index in [1.54, 1.807) is 50.2 Å². The van der Waals surface area contributed by atoms with Crippen LogP contribution in [0.3, 0.4) is 0 Å².